The van der Waals surface area contributed by atoms with Crippen molar-refractivity contribution < 1.29 is 9.15 Å². The number of rotatable bonds is 2. The summed E-state index contributed by atoms with van der Waals surface area (Å²) in [6, 6.07) is 22.2. The molecule has 32 heavy (non-hydrogen) atoms. The van der Waals surface area contributed by atoms with E-state index >= 15 is 0 Å². The summed E-state index contributed by atoms with van der Waals surface area (Å²) in [5, 5.41) is 1.37. The summed E-state index contributed by atoms with van der Waals surface area (Å²) < 4.78 is 11.9. The summed E-state index contributed by atoms with van der Waals surface area (Å²) in [4.78, 5) is 14.9. The molecule has 0 fully saturated rings. The second-order valence-corrected chi connectivity index (χ2v) is 8.92. The van der Waals surface area contributed by atoms with Gasteiger partial charge in [-0.25, -0.2) is 4.79 Å². The van der Waals surface area contributed by atoms with Crippen molar-refractivity contribution in [2.24, 2.45) is 0 Å². The van der Waals surface area contributed by atoms with Crippen molar-refractivity contribution >= 4 is 22.6 Å². The normalized spacial score (nSPS) is 18.1. The molecular weight excluding hydrogens is 422 g/mol. The van der Waals surface area contributed by atoms with E-state index in [2.05, 4.69) is 29.2 Å². The monoisotopic (exact) mass is 443 g/mol. The molecule has 6 rings (SSSR count). The maximum absolute atomic E-state index is 12.5. The lowest BCUT2D eigenvalue weighted by Gasteiger charge is -2.38. The van der Waals surface area contributed by atoms with E-state index in [-0.39, 0.29) is 11.7 Å². The van der Waals surface area contributed by atoms with Gasteiger partial charge in [0.25, 0.3) is 0 Å². The van der Waals surface area contributed by atoms with E-state index in [1.807, 2.05) is 36.4 Å². The van der Waals surface area contributed by atoms with Gasteiger partial charge < -0.3 is 9.15 Å². The molecule has 0 saturated carbocycles. The SMILES string of the molecule is O=c1cc(-c2ccccc2)c2cc(Cl)c3c(c2o1)CN(C1CCCc2ccccc21)CO3. The van der Waals surface area contributed by atoms with E-state index in [1.165, 1.54) is 11.1 Å². The van der Waals surface area contributed by atoms with E-state index in [0.29, 0.717) is 29.6 Å². The standard InChI is InChI=1S/C27H22ClNO3/c28-23-13-21-20(18-7-2-1-3-8-18)14-25(30)32-26(21)22-15-29(16-31-27(22)23)24-12-6-10-17-9-4-5-11-19(17)24/h1-5,7-9,11,13-14,24H,6,10,12,15-16H2. The minimum atomic E-state index is -0.374. The van der Waals surface area contributed by atoms with Gasteiger partial charge in [-0.3, -0.25) is 4.90 Å². The number of aryl methyl sites for hydroxylation is 1. The molecule has 0 bridgehead atoms. The minimum absolute atomic E-state index is 0.270. The molecule has 1 aliphatic heterocycles. The first-order chi connectivity index (χ1) is 15.7. The first-order valence-electron chi connectivity index (χ1n) is 11.0. The van der Waals surface area contributed by atoms with Crippen LogP contribution in [0.1, 0.15) is 35.6 Å². The summed E-state index contributed by atoms with van der Waals surface area (Å²) in [7, 11) is 0. The van der Waals surface area contributed by atoms with Crippen molar-refractivity contribution in [1.82, 2.24) is 4.90 Å². The van der Waals surface area contributed by atoms with Gasteiger partial charge >= 0.3 is 5.63 Å². The van der Waals surface area contributed by atoms with Gasteiger partial charge in [-0.15, -0.1) is 0 Å². The Morgan fingerprint density at radius 1 is 1.00 bits per heavy atom. The third kappa shape index (κ3) is 3.22. The summed E-state index contributed by atoms with van der Waals surface area (Å²) in [5.41, 5.74) is 5.58. The van der Waals surface area contributed by atoms with Gasteiger partial charge in [0, 0.05) is 24.0 Å². The molecule has 2 aliphatic rings. The average molecular weight is 444 g/mol. The van der Waals surface area contributed by atoms with Crippen LogP contribution < -0.4 is 10.4 Å². The molecular formula is C27H22ClNO3. The van der Waals surface area contributed by atoms with Crippen LogP contribution in [0.5, 0.6) is 5.75 Å². The quantitative estimate of drug-likeness (QED) is 0.339. The van der Waals surface area contributed by atoms with Crippen LogP contribution in [0.25, 0.3) is 22.1 Å². The third-order valence-corrected chi connectivity index (χ3v) is 6.92. The molecule has 1 atom stereocenters. The molecule has 160 valence electrons. The third-order valence-electron chi connectivity index (χ3n) is 6.64. The van der Waals surface area contributed by atoms with Crippen LogP contribution in [0, 0.1) is 0 Å². The van der Waals surface area contributed by atoms with Crippen LogP contribution in [0.3, 0.4) is 0 Å². The van der Waals surface area contributed by atoms with Crippen molar-refractivity contribution in [2.75, 3.05) is 6.73 Å². The van der Waals surface area contributed by atoms with Crippen molar-refractivity contribution in [1.29, 1.82) is 0 Å². The summed E-state index contributed by atoms with van der Waals surface area (Å²) in [5.74, 6) is 0.618. The van der Waals surface area contributed by atoms with Crippen molar-refractivity contribution in [2.45, 2.75) is 31.8 Å². The fourth-order valence-corrected chi connectivity index (χ4v) is 5.45. The largest absolute Gasteiger partial charge is 0.476 e. The van der Waals surface area contributed by atoms with Gasteiger partial charge in [-0.2, -0.15) is 0 Å². The van der Waals surface area contributed by atoms with Crippen molar-refractivity contribution in [3.8, 4) is 16.9 Å². The minimum Gasteiger partial charge on any atom is -0.476 e. The van der Waals surface area contributed by atoms with Crippen LogP contribution in [0.4, 0.5) is 0 Å². The highest BCUT2D eigenvalue weighted by atomic mass is 35.5. The Kier molecular flexibility index (Phi) is 4.78. The smallest absolute Gasteiger partial charge is 0.336 e. The molecule has 5 heteroatoms. The Balaban J connectivity index is 1.49. The molecule has 4 nitrogen and oxygen atoms in total. The lowest BCUT2D eigenvalue weighted by Crippen LogP contribution is -2.37. The van der Waals surface area contributed by atoms with Crippen LogP contribution in [0.15, 0.2) is 75.9 Å². The van der Waals surface area contributed by atoms with Gasteiger partial charge in [0.05, 0.1) is 10.6 Å². The van der Waals surface area contributed by atoms with Crippen LogP contribution in [-0.4, -0.2) is 11.6 Å². The number of nitrogens with zero attached hydrogens (tertiary/aromatic N) is 1. The predicted molar refractivity (Wildman–Crippen MR) is 126 cm³/mol. The Bertz CT molecular complexity index is 1380. The zero-order valence-corrected chi connectivity index (χ0v) is 18.3. The number of hydrogen-bond donors (Lipinski definition) is 0. The summed E-state index contributed by atoms with van der Waals surface area (Å²) in [6.45, 7) is 1.08. The predicted octanol–water partition coefficient (Wildman–Crippen LogP) is 6.34. The van der Waals surface area contributed by atoms with E-state index in [0.717, 1.165) is 41.3 Å². The van der Waals surface area contributed by atoms with Gasteiger partial charge in [0.15, 0.2) is 0 Å². The first kappa shape index (κ1) is 19.6. The van der Waals surface area contributed by atoms with Gasteiger partial charge in [-0.05, 0) is 47.6 Å². The molecule has 0 N–H and O–H groups in total. The molecule has 1 unspecified atom stereocenters. The van der Waals surface area contributed by atoms with Crippen LogP contribution in [-0.2, 0) is 13.0 Å². The number of benzene rings is 3. The maximum atomic E-state index is 12.5. The summed E-state index contributed by atoms with van der Waals surface area (Å²) >= 11 is 6.67. The van der Waals surface area contributed by atoms with E-state index in [1.54, 1.807) is 6.07 Å². The van der Waals surface area contributed by atoms with Crippen LogP contribution >= 0.6 is 11.6 Å². The van der Waals surface area contributed by atoms with E-state index in [4.69, 9.17) is 20.8 Å². The molecule has 2 heterocycles. The van der Waals surface area contributed by atoms with Gasteiger partial charge in [0.1, 0.15) is 18.1 Å². The molecule has 1 aliphatic carbocycles. The second-order valence-electron chi connectivity index (χ2n) is 8.52. The first-order valence-corrected chi connectivity index (χ1v) is 11.4. The topological polar surface area (TPSA) is 42.7 Å². The zero-order valence-electron chi connectivity index (χ0n) is 17.5. The maximum Gasteiger partial charge on any atom is 0.336 e. The highest BCUT2D eigenvalue weighted by molar-refractivity contribution is 6.33. The van der Waals surface area contributed by atoms with E-state index < -0.39 is 0 Å². The Hall–Kier alpha value is -3.08. The Morgan fingerprint density at radius 3 is 2.69 bits per heavy atom. The molecule has 0 spiro atoms. The number of ether oxygens (including phenoxy) is 1. The van der Waals surface area contributed by atoms with Crippen molar-refractivity contribution in [3.63, 3.8) is 0 Å². The molecule has 1 aromatic heterocycles. The lowest BCUT2D eigenvalue weighted by molar-refractivity contribution is 0.0482. The number of halogens is 1. The molecule has 0 radical (unpaired) electrons. The van der Waals surface area contributed by atoms with Crippen LogP contribution in [0.2, 0.25) is 5.02 Å². The molecule has 4 aromatic rings. The highest BCUT2D eigenvalue weighted by Crippen LogP contribution is 2.44. The lowest BCUT2D eigenvalue weighted by atomic mass is 9.86. The van der Waals surface area contributed by atoms with Gasteiger partial charge in [-0.1, -0.05) is 66.2 Å². The molecule has 0 saturated heterocycles. The zero-order chi connectivity index (χ0) is 21.7. The second kappa shape index (κ2) is 7.80. The molecule has 3 aromatic carbocycles. The number of hydrogen-bond acceptors (Lipinski definition) is 4. The van der Waals surface area contributed by atoms with Crippen molar-refractivity contribution in [3.05, 3.63) is 98.9 Å². The molecule has 0 amide bonds. The van der Waals surface area contributed by atoms with Gasteiger partial charge in [0.2, 0.25) is 0 Å². The Morgan fingerprint density at radius 2 is 1.81 bits per heavy atom. The highest BCUT2D eigenvalue weighted by Gasteiger charge is 2.32. The average Bonchev–Trinajstić information content (AvgIpc) is 2.84. The fraction of sp³-hybridized carbons (Fsp3) is 0.222. The Labute approximate surface area is 191 Å². The number of fused-ring (bicyclic) bond motifs is 4. The van der Waals surface area contributed by atoms with E-state index in [9.17, 15) is 4.79 Å². The summed E-state index contributed by atoms with van der Waals surface area (Å²) in [6.07, 6.45) is 3.34. The fourth-order valence-electron chi connectivity index (χ4n) is 5.17.